The summed E-state index contributed by atoms with van der Waals surface area (Å²) in [5, 5.41) is 5.42. The third-order valence-electron chi connectivity index (χ3n) is 2.88. The van der Waals surface area contributed by atoms with Crippen molar-refractivity contribution in [1.82, 2.24) is 9.55 Å². The van der Waals surface area contributed by atoms with E-state index < -0.39 is 0 Å². The molecule has 2 aromatic heterocycles. The molecule has 0 unspecified atom stereocenters. The zero-order chi connectivity index (χ0) is 13.9. The first kappa shape index (κ1) is 13.2. The number of hydrogen-bond acceptors (Lipinski definition) is 3. The lowest BCUT2D eigenvalue weighted by Gasteiger charge is -2.06. The second-order valence-electron chi connectivity index (χ2n) is 4.27. The maximum atomic E-state index is 11.5. The molecule has 0 saturated carbocycles. The minimum absolute atomic E-state index is 0.130. The molecule has 0 spiro atoms. The van der Waals surface area contributed by atoms with Crippen LogP contribution in [0, 0.1) is 0 Å². The summed E-state index contributed by atoms with van der Waals surface area (Å²) in [7, 11) is 0. The molecule has 0 fully saturated rings. The number of benzene rings is 1. The molecule has 0 bridgehead atoms. The Hall–Kier alpha value is -1.79. The highest BCUT2D eigenvalue weighted by Gasteiger charge is 2.01. The number of thiophene rings is 1. The van der Waals surface area contributed by atoms with E-state index in [0.29, 0.717) is 0 Å². The topological polar surface area (TPSA) is 49.8 Å². The van der Waals surface area contributed by atoms with Gasteiger partial charge in [-0.3, -0.25) is 4.57 Å². The van der Waals surface area contributed by atoms with E-state index in [1.54, 1.807) is 28.3 Å². The fourth-order valence-electron chi connectivity index (χ4n) is 1.90. The SMILES string of the molecule is O=c1[nH]ccn1-c1ccc(NCc2cc(Br)cs2)cc1. The molecular weight excluding hydrogens is 338 g/mol. The molecule has 20 heavy (non-hydrogen) atoms. The van der Waals surface area contributed by atoms with Gasteiger partial charge in [0.25, 0.3) is 0 Å². The first-order chi connectivity index (χ1) is 9.72. The van der Waals surface area contributed by atoms with Crippen molar-refractivity contribution in [1.29, 1.82) is 0 Å². The zero-order valence-corrected chi connectivity index (χ0v) is 12.9. The Labute approximate surface area is 128 Å². The third kappa shape index (κ3) is 2.86. The molecule has 2 heterocycles. The van der Waals surface area contributed by atoms with Crippen molar-refractivity contribution in [3.63, 3.8) is 0 Å². The van der Waals surface area contributed by atoms with Gasteiger partial charge in [0.2, 0.25) is 0 Å². The van der Waals surface area contributed by atoms with Crippen LogP contribution in [0.2, 0.25) is 0 Å². The Morgan fingerprint density at radius 2 is 2.10 bits per heavy atom. The second-order valence-corrected chi connectivity index (χ2v) is 6.18. The van der Waals surface area contributed by atoms with Gasteiger partial charge < -0.3 is 10.3 Å². The van der Waals surface area contributed by atoms with E-state index >= 15 is 0 Å². The summed E-state index contributed by atoms with van der Waals surface area (Å²) in [4.78, 5) is 15.4. The maximum Gasteiger partial charge on any atom is 0.330 e. The van der Waals surface area contributed by atoms with Crippen molar-refractivity contribution in [2.24, 2.45) is 0 Å². The highest BCUT2D eigenvalue weighted by molar-refractivity contribution is 9.10. The zero-order valence-electron chi connectivity index (χ0n) is 10.5. The average Bonchev–Trinajstić information content (AvgIpc) is 3.06. The number of nitrogens with one attached hydrogen (secondary N) is 2. The molecule has 3 aromatic rings. The molecule has 102 valence electrons. The van der Waals surface area contributed by atoms with Crippen LogP contribution >= 0.6 is 27.3 Å². The number of imidazole rings is 1. The Morgan fingerprint density at radius 1 is 1.30 bits per heavy atom. The number of aromatic amines is 1. The molecule has 6 heteroatoms. The van der Waals surface area contributed by atoms with Crippen molar-refractivity contribution in [2.45, 2.75) is 6.54 Å². The largest absolute Gasteiger partial charge is 0.380 e. The summed E-state index contributed by atoms with van der Waals surface area (Å²) in [6, 6.07) is 9.88. The van der Waals surface area contributed by atoms with E-state index in [-0.39, 0.29) is 5.69 Å². The quantitative estimate of drug-likeness (QED) is 0.755. The van der Waals surface area contributed by atoms with E-state index in [0.717, 1.165) is 22.4 Å². The van der Waals surface area contributed by atoms with Crippen LogP contribution in [0.15, 0.2) is 57.4 Å². The number of aromatic nitrogens is 2. The Morgan fingerprint density at radius 3 is 2.70 bits per heavy atom. The fraction of sp³-hybridized carbons (Fsp3) is 0.0714. The number of rotatable bonds is 4. The Balaban J connectivity index is 1.70. The molecule has 0 atom stereocenters. The monoisotopic (exact) mass is 349 g/mol. The normalized spacial score (nSPS) is 10.7. The van der Waals surface area contributed by atoms with Gasteiger partial charge in [-0.05, 0) is 46.3 Å². The van der Waals surface area contributed by atoms with Gasteiger partial charge in [-0.15, -0.1) is 11.3 Å². The van der Waals surface area contributed by atoms with Crippen LogP contribution in [0.3, 0.4) is 0 Å². The van der Waals surface area contributed by atoms with Gasteiger partial charge in [0.05, 0.1) is 5.69 Å². The van der Waals surface area contributed by atoms with Crippen LogP contribution in [0.5, 0.6) is 0 Å². The molecule has 0 saturated heterocycles. The van der Waals surface area contributed by atoms with Crippen LogP contribution in [-0.4, -0.2) is 9.55 Å². The molecule has 1 aromatic carbocycles. The van der Waals surface area contributed by atoms with Crippen molar-refractivity contribution in [2.75, 3.05) is 5.32 Å². The molecule has 0 amide bonds. The van der Waals surface area contributed by atoms with Gasteiger partial charge in [-0.2, -0.15) is 0 Å². The maximum absolute atomic E-state index is 11.5. The van der Waals surface area contributed by atoms with Crippen molar-refractivity contribution >= 4 is 33.0 Å². The van der Waals surface area contributed by atoms with Crippen LogP contribution in [0.4, 0.5) is 5.69 Å². The first-order valence-electron chi connectivity index (χ1n) is 6.05. The van der Waals surface area contributed by atoms with E-state index in [2.05, 4.69) is 37.7 Å². The molecule has 4 nitrogen and oxygen atoms in total. The van der Waals surface area contributed by atoms with Crippen LogP contribution in [0.1, 0.15) is 4.88 Å². The Kier molecular flexibility index (Phi) is 3.75. The summed E-state index contributed by atoms with van der Waals surface area (Å²) < 4.78 is 2.68. The molecule has 2 N–H and O–H groups in total. The lowest BCUT2D eigenvalue weighted by molar-refractivity contribution is 0.987. The standard InChI is InChI=1S/C14H12BrN3OS/c15-10-7-13(20-9-10)8-17-11-1-3-12(4-2-11)18-6-5-16-14(18)19/h1-7,9,17H,8H2,(H,16,19). The molecule has 0 aliphatic rings. The number of hydrogen-bond donors (Lipinski definition) is 2. The summed E-state index contributed by atoms with van der Waals surface area (Å²) in [5.74, 6) is 0. The van der Waals surface area contributed by atoms with Crippen LogP contribution in [0.25, 0.3) is 5.69 Å². The van der Waals surface area contributed by atoms with Crippen LogP contribution in [-0.2, 0) is 6.54 Å². The molecule has 0 aliphatic carbocycles. The highest BCUT2D eigenvalue weighted by atomic mass is 79.9. The lowest BCUT2D eigenvalue weighted by atomic mass is 10.2. The number of H-pyrrole nitrogens is 1. The average molecular weight is 350 g/mol. The molecule has 0 aliphatic heterocycles. The van der Waals surface area contributed by atoms with Gasteiger partial charge >= 0.3 is 5.69 Å². The number of nitrogens with zero attached hydrogens (tertiary/aromatic N) is 1. The van der Waals surface area contributed by atoms with Gasteiger partial charge in [0.15, 0.2) is 0 Å². The molecule has 3 rings (SSSR count). The summed E-state index contributed by atoms with van der Waals surface area (Å²) in [6.45, 7) is 0.791. The van der Waals surface area contributed by atoms with Crippen molar-refractivity contribution in [3.8, 4) is 5.69 Å². The smallest absolute Gasteiger partial charge is 0.330 e. The summed E-state index contributed by atoms with van der Waals surface area (Å²) >= 11 is 5.16. The lowest BCUT2D eigenvalue weighted by Crippen LogP contribution is -2.13. The first-order valence-corrected chi connectivity index (χ1v) is 7.73. The number of anilines is 1. The van der Waals surface area contributed by atoms with E-state index in [1.807, 2.05) is 24.3 Å². The molecule has 0 radical (unpaired) electrons. The van der Waals surface area contributed by atoms with Crippen molar-refractivity contribution in [3.05, 3.63) is 67.9 Å². The minimum Gasteiger partial charge on any atom is -0.380 e. The predicted octanol–water partition coefficient (Wildman–Crippen LogP) is 3.60. The van der Waals surface area contributed by atoms with Gasteiger partial charge in [0, 0.05) is 39.4 Å². The fourth-order valence-corrected chi connectivity index (χ4v) is 3.29. The van der Waals surface area contributed by atoms with E-state index in [4.69, 9.17) is 0 Å². The highest BCUT2D eigenvalue weighted by Crippen LogP contribution is 2.21. The minimum atomic E-state index is -0.130. The van der Waals surface area contributed by atoms with E-state index in [1.165, 1.54) is 4.88 Å². The van der Waals surface area contributed by atoms with Gasteiger partial charge in [-0.25, -0.2) is 4.79 Å². The van der Waals surface area contributed by atoms with E-state index in [9.17, 15) is 4.79 Å². The van der Waals surface area contributed by atoms with Gasteiger partial charge in [-0.1, -0.05) is 0 Å². The Bertz CT molecular complexity index is 757. The summed E-state index contributed by atoms with van der Waals surface area (Å²) in [5.41, 5.74) is 1.75. The van der Waals surface area contributed by atoms with Crippen molar-refractivity contribution < 1.29 is 0 Å². The van der Waals surface area contributed by atoms with Gasteiger partial charge in [0.1, 0.15) is 0 Å². The molecular formula is C14H12BrN3OS. The van der Waals surface area contributed by atoms with Crippen LogP contribution < -0.4 is 11.0 Å². The number of halogens is 1. The second kappa shape index (κ2) is 5.68. The summed E-state index contributed by atoms with van der Waals surface area (Å²) in [6.07, 6.45) is 3.34. The predicted molar refractivity (Wildman–Crippen MR) is 85.7 cm³/mol. The third-order valence-corrected chi connectivity index (χ3v) is 4.58.